The Hall–Kier alpha value is -0.980. The first-order valence-electron chi connectivity index (χ1n) is 9.00. The Bertz CT molecular complexity index is 341. The molecular formula is C20H34O. The lowest BCUT2D eigenvalue weighted by molar-refractivity contribution is 0.305. The molecule has 0 aliphatic carbocycles. The van der Waals surface area contributed by atoms with Crippen molar-refractivity contribution in [2.75, 3.05) is 6.61 Å². The fourth-order valence-corrected chi connectivity index (χ4v) is 2.66. The highest BCUT2D eigenvalue weighted by Gasteiger charge is 2.05. The molecule has 0 radical (unpaired) electrons. The van der Waals surface area contributed by atoms with E-state index in [4.69, 9.17) is 4.74 Å². The van der Waals surface area contributed by atoms with Gasteiger partial charge in [0.25, 0.3) is 0 Å². The van der Waals surface area contributed by atoms with Crippen LogP contribution in [0.15, 0.2) is 24.3 Å². The van der Waals surface area contributed by atoms with E-state index >= 15 is 0 Å². The van der Waals surface area contributed by atoms with Gasteiger partial charge in [-0.1, -0.05) is 77.8 Å². The molecule has 1 heteroatoms. The van der Waals surface area contributed by atoms with E-state index in [0.717, 1.165) is 12.4 Å². The summed E-state index contributed by atoms with van der Waals surface area (Å²) in [4.78, 5) is 0. The van der Waals surface area contributed by atoms with Gasteiger partial charge in [-0.3, -0.25) is 0 Å². The first-order chi connectivity index (χ1) is 10.3. The second kappa shape index (κ2) is 11.7. The lowest BCUT2D eigenvalue weighted by atomic mass is 9.95. The molecule has 1 unspecified atom stereocenters. The molecule has 0 spiro atoms. The summed E-state index contributed by atoms with van der Waals surface area (Å²) in [7, 11) is 0. The Balaban J connectivity index is 2.25. The second-order valence-corrected chi connectivity index (χ2v) is 6.23. The molecule has 0 saturated carbocycles. The van der Waals surface area contributed by atoms with Crippen LogP contribution in [0.2, 0.25) is 0 Å². The average Bonchev–Trinajstić information content (AvgIpc) is 2.52. The fourth-order valence-electron chi connectivity index (χ4n) is 2.66. The minimum atomic E-state index is 0.667. The molecule has 0 amide bonds. The maximum Gasteiger partial charge on any atom is 0.119 e. The van der Waals surface area contributed by atoms with Crippen molar-refractivity contribution in [1.82, 2.24) is 0 Å². The molecule has 0 bridgehead atoms. The SMILES string of the molecule is CCCCCCOc1ccc(C(C)CCCCCC)cc1. The molecule has 0 heterocycles. The molecule has 1 aromatic rings. The summed E-state index contributed by atoms with van der Waals surface area (Å²) < 4.78 is 5.80. The van der Waals surface area contributed by atoms with Crippen molar-refractivity contribution in [3.05, 3.63) is 29.8 Å². The van der Waals surface area contributed by atoms with Crippen LogP contribution in [0.4, 0.5) is 0 Å². The van der Waals surface area contributed by atoms with E-state index in [9.17, 15) is 0 Å². The molecule has 0 aromatic heterocycles. The summed E-state index contributed by atoms with van der Waals surface area (Å²) in [6, 6.07) is 8.76. The summed E-state index contributed by atoms with van der Waals surface area (Å²) in [5, 5.41) is 0. The number of hydrogen-bond acceptors (Lipinski definition) is 1. The minimum absolute atomic E-state index is 0.667. The van der Waals surface area contributed by atoms with Gasteiger partial charge in [0.05, 0.1) is 6.61 Å². The molecule has 0 aliphatic heterocycles. The van der Waals surface area contributed by atoms with Gasteiger partial charge in [0.15, 0.2) is 0 Å². The van der Waals surface area contributed by atoms with Crippen LogP contribution in [-0.4, -0.2) is 6.61 Å². The Morgan fingerprint density at radius 1 is 0.810 bits per heavy atom. The second-order valence-electron chi connectivity index (χ2n) is 6.23. The van der Waals surface area contributed by atoms with Crippen LogP contribution in [0.5, 0.6) is 5.75 Å². The van der Waals surface area contributed by atoms with E-state index in [1.54, 1.807) is 0 Å². The van der Waals surface area contributed by atoms with E-state index in [1.165, 1.54) is 63.4 Å². The van der Waals surface area contributed by atoms with E-state index in [-0.39, 0.29) is 0 Å². The van der Waals surface area contributed by atoms with Gasteiger partial charge in [-0.25, -0.2) is 0 Å². The number of hydrogen-bond donors (Lipinski definition) is 0. The maximum atomic E-state index is 5.80. The highest BCUT2D eigenvalue weighted by atomic mass is 16.5. The molecule has 1 aromatic carbocycles. The van der Waals surface area contributed by atoms with Gasteiger partial charge >= 0.3 is 0 Å². The Kier molecular flexibility index (Phi) is 10.0. The molecule has 120 valence electrons. The Labute approximate surface area is 132 Å². The molecule has 0 N–H and O–H groups in total. The molecular weight excluding hydrogens is 256 g/mol. The van der Waals surface area contributed by atoms with Crippen molar-refractivity contribution in [2.24, 2.45) is 0 Å². The largest absolute Gasteiger partial charge is 0.494 e. The summed E-state index contributed by atoms with van der Waals surface area (Å²) in [5.74, 6) is 1.69. The van der Waals surface area contributed by atoms with Gasteiger partial charge in [-0.2, -0.15) is 0 Å². The van der Waals surface area contributed by atoms with Crippen molar-refractivity contribution in [3.63, 3.8) is 0 Å². The van der Waals surface area contributed by atoms with E-state index in [2.05, 4.69) is 45.0 Å². The third kappa shape index (κ3) is 8.14. The highest BCUT2D eigenvalue weighted by Crippen LogP contribution is 2.24. The van der Waals surface area contributed by atoms with Crippen LogP contribution in [0.1, 0.15) is 90.0 Å². The number of ether oxygens (including phenoxy) is 1. The lowest BCUT2D eigenvalue weighted by Gasteiger charge is -2.13. The summed E-state index contributed by atoms with van der Waals surface area (Å²) >= 11 is 0. The minimum Gasteiger partial charge on any atom is -0.494 e. The van der Waals surface area contributed by atoms with Crippen LogP contribution in [-0.2, 0) is 0 Å². The van der Waals surface area contributed by atoms with Gasteiger partial charge in [0.1, 0.15) is 5.75 Å². The molecule has 21 heavy (non-hydrogen) atoms. The van der Waals surface area contributed by atoms with Gasteiger partial charge in [-0.15, -0.1) is 0 Å². The van der Waals surface area contributed by atoms with Crippen LogP contribution in [0.3, 0.4) is 0 Å². The lowest BCUT2D eigenvalue weighted by Crippen LogP contribution is -1.98. The molecule has 1 rings (SSSR count). The van der Waals surface area contributed by atoms with E-state index < -0.39 is 0 Å². The molecule has 1 nitrogen and oxygen atoms in total. The van der Waals surface area contributed by atoms with Crippen molar-refractivity contribution >= 4 is 0 Å². The monoisotopic (exact) mass is 290 g/mol. The van der Waals surface area contributed by atoms with Gasteiger partial charge in [0, 0.05) is 0 Å². The number of benzene rings is 1. The molecule has 1 atom stereocenters. The van der Waals surface area contributed by atoms with Crippen LogP contribution in [0, 0.1) is 0 Å². The zero-order valence-corrected chi connectivity index (χ0v) is 14.4. The van der Waals surface area contributed by atoms with E-state index in [1.807, 2.05) is 0 Å². The molecule has 0 fully saturated rings. The summed E-state index contributed by atoms with van der Waals surface area (Å²) in [6.07, 6.45) is 11.8. The van der Waals surface area contributed by atoms with Crippen LogP contribution < -0.4 is 4.74 Å². The predicted octanol–water partition coefficient (Wildman–Crippen LogP) is 6.72. The van der Waals surface area contributed by atoms with Crippen LogP contribution >= 0.6 is 0 Å². The maximum absolute atomic E-state index is 5.80. The zero-order chi connectivity index (χ0) is 15.3. The third-order valence-electron chi connectivity index (χ3n) is 4.21. The topological polar surface area (TPSA) is 9.23 Å². The quantitative estimate of drug-likeness (QED) is 0.388. The van der Waals surface area contributed by atoms with Crippen LogP contribution in [0.25, 0.3) is 0 Å². The van der Waals surface area contributed by atoms with Gasteiger partial charge in [0.2, 0.25) is 0 Å². The summed E-state index contributed by atoms with van der Waals surface area (Å²) in [5.41, 5.74) is 1.45. The van der Waals surface area contributed by atoms with Gasteiger partial charge in [-0.05, 0) is 36.5 Å². The molecule has 0 saturated heterocycles. The zero-order valence-electron chi connectivity index (χ0n) is 14.4. The van der Waals surface area contributed by atoms with Gasteiger partial charge < -0.3 is 4.74 Å². The number of rotatable bonds is 12. The Morgan fingerprint density at radius 2 is 1.43 bits per heavy atom. The Morgan fingerprint density at radius 3 is 2.05 bits per heavy atom. The first-order valence-corrected chi connectivity index (χ1v) is 9.00. The average molecular weight is 290 g/mol. The van der Waals surface area contributed by atoms with Crippen molar-refractivity contribution in [2.45, 2.75) is 84.5 Å². The number of unbranched alkanes of at least 4 members (excludes halogenated alkanes) is 6. The molecule has 0 aliphatic rings. The van der Waals surface area contributed by atoms with Crippen molar-refractivity contribution in [3.8, 4) is 5.75 Å². The first kappa shape index (κ1) is 18.1. The van der Waals surface area contributed by atoms with Crippen molar-refractivity contribution in [1.29, 1.82) is 0 Å². The highest BCUT2D eigenvalue weighted by molar-refractivity contribution is 5.29. The third-order valence-corrected chi connectivity index (χ3v) is 4.21. The fraction of sp³-hybridized carbons (Fsp3) is 0.700. The summed E-state index contributed by atoms with van der Waals surface area (Å²) in [6.45, 7) is 7.70. The smallest absolute Gasteiger partial charge is 0.119 e. The predicted molar refractivity (Wildman–Crippen MR) is 93.3 cm³/mol. The normalized spacial score (nSPS) is 12.3. The van der Waals surface area contributed by atoms with E-state index in [0.29, 0.717) is 5.92 Å². The van der Waals surface area contributed by atoms with Crippen molar-refractivity contribution < 1.29 is 4.74 Å². The standard InChI is InChI=1S/C20H34O/c1-4-6-8-10-12-18(3)19-13-15-20(16-14-19)21-17-11-9-7-5-2/h13-16,18H,4-12,17H2,1-3H3.